The molecule has 2 aliphatic heterocycles. The Morgan fingerprint density at radius 2 is 2.17 bits per heavy atom. The molecule has 1 aromatic carbocycles. The smallest absolute Gasteiger partial charge is 0.214 e. The number of hydrogen-bond donors (Lipinski definition) is 0. The second-order valence-electron chi connectivity index (χ2n) is 5.30. The first-order chi connectivity index (χ1) is 8.20. The summed E-state index contributed by atoms with van der Waals surface area (Å²) in [5.41, 5.74) is 3.76. The number of piperidine rings is 1. The number of benzene rings is 1. The molecule has 1 fully saturated rings. The first kappa shape index (κ1) is 13.4. The molecule has 1 amide bonds. The largest absolute Gasteiger partial charge is 0.311 e. The van der Waals surface area contributed by atoms with Crippen LogP contribution < -0.4 is 4.90 Å². The van der Waals surface area contributed by atoms with E-state index in [9.17, 15) is 4.79 Å². The van der Waals surface area contributed by atoms with Crippen molar-refractivity contribution in [1.82, 2.24) is 4.90 Å². The van der Waals surface area contributed by atoms with Crippen LogP contribution in [0.4, 0.5) is 5.69 Å². The van der Waals surface area contributed by atoms with Gasteiger partial charge in [0.05, 0.1) is 0 Å². The van der Waals surface area contributed by atoms with Crippen LogP contribution in [-0.2, 0) is 4.79 Å². The van der Waals surface area contributed by atoms with Gasteiger partial charge in [-0.1, -0.05) is 17.7 Å². The van der Waals surface area contributed by atoms with Gasteiger partial charge in [-0.25, -0.2) is 0 Å². The topological polar surface area (TPSA) is 23.6 Å². The van der Waals surface area contributed by atoms with E-state index in [4.69, 9.17) is 0 Å². The van der Waals surface area contributed by atoms with E-state index >= 15 is 0 Å². The summed E-state index contributed by atoms with van der Waals surface area (Å²) in [5, 5.41) is 0. The third kappa shape index (κ3) is 1.91. The van der Waals surface area contributed by atoms with E-state index in [1.807, 2.05) is 4.90 Å². The molecule has 2 aliphatic rings. The lowest BCUT2D eigenvalue weighted by molar-refractivity contribution is -0.108. The third-order valence-corrected chi connectivity index (χ3v) is 4.11. The van der Waals surface area contributed by atoms with Gasteiger partial charge >= 0.3 is 0 Å². The Labute approximate surface area is 114 Å². The molecule has 0 saturated carbocycles. The molecule has 4 heteroatoms. The first-order valence-electron chi connectivity index (χ1n) is 6.23. The minimum Gasteiger partial charge on any atom is -0.311 e. The predicted octanol–water partition coefficient (Wildman–Crippen LogP) is 2.18. The van der Waals surface area contributed by atoms with Gasteiger partial charge in [-0.15, -0.1) is 12.4 Å². The Hall–Kier alpha value is -1.06. The average Bonchev–Trinajstić information content (AvgIpc) is 2.62. The number of carbonyl (C=O) groups is 1. The lowest BCUT2D eigenvalue weighted by atomic mass is 9.89. The van der Waals surface area contributed by atoms with E-state index in [1.54, 1.807) is 0 Å². The number of rotatable bonds is 1. The third-order valence-electron chi connectivity index (χ3n) is 4.11. The summed E-state index contributed by atoms with van der Waals surface area (Å²) in [6.07, 6.45) is 2.08. The number of nitrogens with zero attached hydrogens (tertiary/aromatic N) is 2. The first-order valence-corrected chi connectivity index (χ1v) is 6.23. The molecule has 1 saturated heterocycles. The fraction of sp³-hybridized carbons (Fsp3) is 0.500. The van der Waals surface area contributed by atoms with Gasteiger partial charge in [0.15, 0.2) is 0 Å². The number of likely N-dealkylation sites (tertiary alicyclic amines) is 1. The van der Waals surface area contributed by atoms with Crippen molar-refractivity contribution >= 4 is 24.5 Å². The Kier molecular flexibility index (Phi) is 3.64. The van der Waals surface area contributed by atoms with E-state index in [-0.39, 0.29) is 12.4 Å². The maximum absolute atomic E-state index is 11.3. The van der Waals surface area contributed by atoms with Gasteiger partial charge in [0.25, 0.3) is 0 Å². The number of aryl methyl sites for hydroxylation is 1. The van der Waals surface area contributed by atoms with Gasteiger partial charge in [0.2, 0.25) is 6.41 Å². The number of halogens is 1. The molecule has 0 aromatic heterocycles. The van der Waals surface area contributed by atoms with E-state index in [1.165, 1.54) is 11.1 Å². The van der Waals surface area contributed by atoms with Crippen molar-refractivity contribution in [3.05, 3.63) is 29.3 Å². The number of anilines is 1. The molecule has 0 N–H and O–H groups in total. The number of fused-ring (bicyclic) bond motifs is 3. The molecule has 3 nitrogen and oxygen atoms in total. The van der Waals surface area contributed by atoms with Crippen LogP contribution in [0.1, 0.15) is 23.5 Å². The Morgan fingerprint density at radius 3 is 2.89 bits per heavy atom. The normalized spacial score (nSPS) is 26.2. The van der Waals surface area contributed by atoms with Crippen molar-refractivity contribution < 1.29 is 4.79 Å². The highest BCUT2D eigenvalue weighted by Crippen LogP contribution is 2.43. The van der Waals surface area contributed by atoms with E-state index in [0.29, 0.717) is 12.0 Å². The quantitative estimate of drug-likeness (QED) is 0.728. The molecule has 0 aliphatic carbocycles. The van der Waals surface area contributed by atoms with E-state index in [2.05, 4.69) is 37.1 Å². The molecular weight excluding hydrogens is 248 g/mol. The van der Waals surface area contributed by atoms with Crippen LogP contribution in [0.5, 0.6) is 0 Å². The average molecular weight is 267 g/mol. The van der Waals surface area contributed by atoms with Crippen LogP contribution in [0.3, 0.4) is 0 Å². The minimum atomic E-state index is 0. The lowest BCUT2D eigenvalue weighted by Crippen LogP contribution is -2.44. The monoisotopic (exact) mass is 266 g/mol. The van der Waals surface area contributed by atoms with Crippen LogP contribution >= 0.6 is 12.4 Å². The maximum Gasteiger partial charge on any atom is 0.214 e. The van der Waals surface area contributed by atoms with Crippen molar-refractivity contribution in [2.24, 2.45) is 0 Å². The van der Waals surface area contributed by atoms with Crippen molar-refractivity contribution in [3.63, 3.8) is 0 Å². The molecule has 2 atom stereocenters. The number of likely N-dealkylation sites (N-methyl/N-ethyl adjacent to an activating group) is 1. The molecule has 98 valence electrons. The molecule has 3 rings (SSSR count). The molecule has 0 bridgehead atoms. The Bertz CT molecular complexity index is 463. The number of hydrogen-bond acceptors (Lipinski definition) is 2. The summed E-state index contributed by atoms with van der Waals surface area (Å²) >= 11 is 0. The second kappa shape index (κ2) is 4.90. The predicted molar refractivity (Wildman–Crippen MR) is 75.6 cm³/mol. The summed E-state index contributed by atoms with van der Waals surface area (Å²) in [5.74, 6) is 0.494. The number of carbonyl (C=O) groups excluding carboxylic acids is 1. The molecule has 2 heterocycles. The zero-order chi connectivity index (χ0) is 12.0. The zero-order valence-electron chi connectivity index (χ0n) is 10.8. The number of amides is 1. The molecule has 18 heavy (non-hydrogen) atoms. The van der Waals surface area contributed by atoms with Gasteiger partial charge in [0.1, 0.15) is 0 Å². The SMILES string of the molecule is Cc1ccc2c(c1)C1CN(C)CCC1N2C=O.Cl. The van der Waals surface area contributed by atoms with Crippen LogP contribution in [0.15, 0.2) is 18.2 Å². The summed E-state index contributed by atoms with van der Waals surface area (Å²) < 4.78 is 0. The van der Waals surface area contributed by atoms with Crippen LogP contribution in [0, 0.1) is 6.92 Å². The van der Waals surface area contributed by atoms with E-state index in [0.717, 1.165) is 31.6 Å². The van der Waals surface area contributed by atoms with Gasteiger partial charge < -0.3 is 9.80 Å². The maximum atomic E-state index is 11.3. The van der Waals surface area contributed by atoms with E-state index < -0.39 is 0 Å². The van der Waals surface area contributed by atoms with Gasteiger partial charge in [0, 0.05) is 24.2 Å². The van der Waals surface area contributed by atoms with Crippen LogP contribution in [0.2, 0.25) is 0 Å². The highest BCUT2D eigenvalue weighted by atomic mass is 35.5. The van der Waals surface area contributed by atoms with Crippen LogP contribution in [-0.4, -0.2) is 37.5 Å². The molecule has 0 radical (unpaired) electrons. The zero-order valence-corrected chi connectivity index (χ0v) is 11.6. The summed E-state index contributed by atoms with van der Waals surface area (Å²) in [6, 6.07) is 6.81. The molecule has 2 unspecified atom stereocenters. The highest BCUT2D eigenvalue weighted by Gasteiger charge is 2.40. The van der Waals surface area contributed by atoms with Gasteiger partial charge in [-0.05, 0) is 38.6 Å². The van der Waals surface area contributed by atoms with Gasteiger partial charge in [-0.3, -0.25) is 4.79 Å². The fourth-order valence-corrected chi connectivity index (χ4v) is 3.26. The van der Waals surface area contributed by atoms with Crippen LogP contribution in [0.25, 0.3) is 0 Å². The Balaban J connectivity index is 0.00000120. The fourth-order valence-electron chi connectivity index (χ4n) is 3.26. The van der Waals surface area contributed by atoms with Crippen molar-refractivity contribution in [2.75, 3.05) is 25.0 Å². The summed E-state index contributed by atoms with van der Waals surface area (Å²) in [4.78, 5) is 15.6. The molecule has 1 aromatic rings. The highest BCUT2D eigenvalue weighted by molar-refractivity contribution is 5.85. The van der Waals surface area contributed by atoms with Crippen molar-refractivity contribution in [1.29, 1.82) is 0 Å². The standard InChI is InChI=1S/C14H18N2O.ClH/c1-10-3-4-13-11(7-10)12-8-15(2)6-5-14(12)16(13)9-17;/h3-4,7,9,12,14H,5-6,8H2,1-2H3;1H. The van der Waals surface area contributed by atoms with Crippen molar-refractivity contribution in [2.45, 2.75) is 25.3 Å². The Morgan fingerprint density at radius 1 is 1.39 bits per heavy atom. The van der Waals surface area contributed by atoms with Gasteiger partial charge in [-0.2, -0.15) is 0 Å². The molecular formula is C14H19ClN2O. The second-order valence-corrected chi connectivity index (χ2v) is 5.30. The summed E-state index contributed by atoms with van der Waals surface area (Å²) in [7, 11) is 2.16. The minimum absolute atomic E-state index is 0. The van der Waals surface area contributed by atoms with Crippen molar-refractivity contribution in [3.8, 4) is 0 Å². The summed E-state index contributed by atoms with van der Waals surface area (Å²) in [6.45, 7) is 4.26. The lowest BCUT2D eigenvalue weighted by Gasteiger charge is -2.35. The molecule has 0 spiro atoms.